The van der Waals surface area contributed by atoms with Gasteiger partial charge in [0.15, 0.2) is 5.82 Å². The van der Waals surface area contributed by atoms with Crippen molar-refractivity contribution in [2.24, 2.45) is 0 Å². The lowest BCUT2D eigenvalue weighted by Crippen LogP contribution is -2.16. The normalized spacial score (nSPS) is 16.9. The molecule has 1 aliphatic heterocycles. The predicted molar refractivity (Wildman–Crippen MR) is 56.6 cm³/mol. The first-order valence-corrected chi connectivity index (χ1v) is 5.02. The van der Waals surface area contributed by atoms with E-state index in [2.05, 4.69) is 5.32 Å². The summed E-state index contributed by atoms with van der Waals surface area (Å²) < 4.78 is 26.6. The second-order valence-corrected chi connectivity index (χ2v) is 3.88. The first-order chi connectivity index (χ1) is 8.82. The zero-order chi connectivity index (χ0) is 14.3. The molecule has 0 radical (unpaired) electrons. The van der Waals surface area contributed by atoms with Gasteiger partial charge in [-0.05, 0) is 0 Å². The highest BCUT2D eigenvalue weighted by Gasteiger charge is 2.41. The van der Waals surface area contributed by atoms with Crippen LogP contribution >= 0.6 is 0 Å². The van der Waals surface area contributed by atoms with Crippen molar-refractivity contribution in [3.05, 3.63) is 33.4 Å². The Morgan fingerprint density at radius 2 is 2.16 bits per heavy atom. The van der Waals surface area contributed by atoms with Gasteiger partial charge < -0.3 is 10.4 Å². The largest absolute Gasteiger partial charge is 0.481 e. The minimum Gasteiger partial charge on any atom is -0.481 e. The SMILES string of the molecule is O=C(O)CC1C(=O)Nc2cc(F)c(F)c([N+](=O)[O-])c21. The van der Waals surface area contributed by atoms with E-state index in [4.69, 9.17) is 5.11 Å². The number of benzene rings is 1. The molecular weight excluding hydrogens is 266 g/mol. The average molecular weight is 272 g/mol. The van der Waals surface area contributed by atoms with Gasteiger partial charge in [-0.1, -0.05) is 0 Å². The van der Waals surface area contributed by atoms with Crippen LogP contribution in [0.15, 0.2) is 6.07 Å². The monoisotopic (exact) mass is 272 g/mol. The van der Waals surface area contributed by atoms with Crippen LogP contribution < -0.4 is 5.32 Å². The molecule has 0 fully saturated rings. The van der Waals surface area contributed by atoms with E-state index in [0.717, 1.165) is 0 Å². The minimum atomic E-state index is -1.71. The molecule has 0 saturated carbocycles. The third-order valence-electron chi connectivity index (χ3n) is 2.72. The molecule has 1 aromatic carbocycles. The zero-order valence-electron chi connectivity index (χ0n) is 9.15. The number of nitro groups is 1. The van der Waals surface area contributed by atoms with E-state index in [1.54, 1.807) is 0 Å². The van der Waals surface area contributed by atoms with E-state index in [1.165, 1.54) is 0 Å². The number of hydrogen-bond donors (Lipinski definition) is 2. The van der Waals surface area contributed by atoms with Gasteiger partial charge >= 0.3 is 11.7 Å². The van der Waals surface area contributed by atoms with Crippen LogP contribution in [-0.2, 0) is 9.59 Å². The van der Waals surface area contributed by atoms with Crippen LogP contribution in [0.3, 0.4) is 0 Å². The Balaban J connectivity index is 2.68. The standard InChI is InChI=1S/C10H6F2N2O5/c11-4-2-5-7(9(8(4)12)14(18)19)3(1-6(15)16)10(17)13-5/h2-3H,1H2,(H,13,17)(H,15,16). The van der Waals surface area contributed by atoms with Gasteiger partial charge in [0.25, 0.3) is 0 Å². The highest BCUT2D eigenvalue weighted by atomic mass is 19.2. The number of anilines is 1. The Morgan fingerprint density at radius 1 is 1.53 bits per heavy atom. The molecule has 0 spiro atoms. The molecule has 1 heterocycles. The number of amides is 1. The lowest BCUT2D eigenvalue weighted by Gasteiger charge is -2.07. The fourth-order valence-corrected chi connectivity index (χ4v) is 1.98. The number of nitrogens with zero attached hydrogens (tertiary/aromatic N) is 1. The maximum Gasteiger partial charge on any atom is 0.313 e. The second kappa shape index (κ2) is 4.26. The molecule has 100 valence electrons. The first kappa shape index (κ1) is 12.9. The van der Waals surface area contributed by atoms with E-state index in [1.807, 2.05) is 0 Å². The third-order valence-corrected chi connectivity index (χ3v) is 2.72. The minimum absolute atomic E-state index is 0.276. The highest BCUT2D eigenvalue weighted by molar-refractivity contribution is 6.05. The van der Waals surface area contributed by atoms with Gasteiger partial charge in [-0.3, -0.25) is 19.7 Å². The summed E-state index contributed by atoms with van der Waals surface area (Å²) in [6.45, 7) is 0. The molecule has 0 saturated heterocycles. The van der Waals surface area contributed by atoms with E-state index >= 15 is 0 Å². The number of carbonyl (C=O) groups excluding carboxylic acids is 1. The number of hydrogen-bond acceptors (Lipinski definition) is 4. The van der Waals surface area contributed by atoms with Gasteiger partial charge in [-0.15, -0.1) is 0 Å². The van der Waals surface area contributed by atoms with Crippen molar-refractivity contribution in [1.29, 1.82) is 0 Å². The molecular formula is C10H6F2N2O5. The lowest BCUT2D eigenvalue weighted by atomic mass is 9.95. The van der Waals surface area contributed by atoms with Crippen LogP contribution in [0.1, 0.15) is 17.9 Å². The summed E-state index contributed by atoms with van der Waals surface area (Å²) in [5.74, 6) is -6.84. The van der Waals surface area contributed by atoms with Gasteiger partial charge in [0.05, 0.1) is 28.5 Å². The fourth-order valence-electron chi connectivity index (χ4n) is 1.98. The van der Waals surface area contributed by atoms with E-state index < -0.39 is 52.0 Å². The zero-order valence-corrected chi connectivity index (χ0v) is 9.15. The van der Waals surface area contributed by atoms with Crippen molar-refractivity contribution >= 4 is 23.3 Å². The van der Waals surface area contributed by atoms with E-state index in [0.29, 0.717) is 6.07 Å². The molecule has 2 rings (SSSR count). The van der Waals surface area contributed by atoms with Crippen LogP contribution in [0, 0.1) is 21.7 Å². The van der Waals surface area contributed by atoms with Crippen molar-refractivity contribution in [3.63, 3.8) is 0 Å². The number of aliphatic carboxylic acids is 1. The molecule has 2 N–H and O–H groups in total. The van der Waals surface area contributed by atoms with Crippen LogP contribution in [-0.4, -0.2) is 21.9 Å². The van der Waals surface area contributed by atoms with Crippen LogP contribution in [0.25, 0.3) is 0 Å². The predicted octanol–water partition coefficient (Wildman–Crippen LogP) is 1.38. The quantitative estimate of drug-likeness (QED) is 0.638. The Hall–Kier alpha value is -2.58. The number of fused-ring (bicyclic) bond motifs is 1. The van der Waals surface area contributed by atoms with E-state index in [-0.39, 0.29) is 5.69 Å². The molecule has 19 heavy (non-hydrogen) atoms. The summed E-state index contributed by atoms with van der Waals surface area (Å²) in [7, 11) is 0. The molecule has 0 bridgehead atoms. The maximum absolute atomic E-state index is 13.4. The summed E-state index contributed by atoms with van der Waals surface area (Å²) in [5.41, 5.74) is -1.92. The highest BCUT2D eigenvalue weighted by Crippen LogP contribution is 2.43. The Bertz CT molecular complexity index is 616. The van der Waals surface area contributed by atoms with Crippen molar-refractivity contribution in [2.45, 2.75) is 12.3 Å². The molecule has 1 amide bonds. The molecule has 1 aliphatic rings. The van der Waals surface area contributed by atoms with Crippen molar-refractivity contribution < 1.29 is 28.4 Å². The topological polar surface area (TPSA) is 110 Å². The summed E-state index contributed by atoms with van der Waals surface area (Å²) in [4.78, 5) is 31.8. The Kier molecular flexibility index (Phi) is 2.89. The van der Waals surface area contributed by atoms with Crippen molar-refractivity contribution in [2.75, 3.05) is 5.32 Å². The van der Waals surface area contributed by atoms with Crippen LogP contribution in [0.5, 0.6) is 0 Å². The van der Waals surface area contributed by atoms with E-state index in [9.17, 15) is 28.5 Å². The third kappa shape index (κ3) is 1.98. The number of carbonyl (C=O) groups is 2. The summed E-state index contributed by atoms with van der Waals surface area (Å²) >= 11 is 0. The fraction of sp³-hybridized carbons (Fsp3) is 0.200. The number of halogens is 2. The summed E-state index contributed by atoms with van der Waals surface area (Å²) in [6.07, 6.45) is -0.745. The van der Waals surface area contributed by atoms with Crippen LogP contribution in [0.2, 0.25) is 0 Å². The number of nitrogens with one attached hydrogen (secondary N) is 1. The summed E-state index contributed by atoms with van der Waals surface area (Å²) in [6, 6.07) is 0.595. The number of rotatable bonds is 3. The number of carboxylic acid groups (broad SMARTS) is 1. The Labute approximate surface area is 104 Å². The van der Waals surface area contributed by atoms with Gasteiger partial charge in [-0.25, -0.2) is 4.39 Å². The molecule has 9 heteroatoms. The first-order valence-electron chi connectivity index (χ1n) is 5.02. The van der Waals surface area contributed by atoms with Gasteiger partial charge in [-0.2, -0.15) is 4.39 Å². The van der Waals surface area contributed by atoms with Crippen LogP contribution in [0.4, 0.5) is 20.2 Å². The molecule has 1 unspecified atom stereocenters. The molecule has 1 atom stereocenters. The van der Waals surface area contributed by atoms with Gasteiger partial charge in [0.1, 0.15) is 0 Å². The molecule has 0 aromatic heterocycles. The van der Waals surface area contributed by atoms with Crippen molar-refractivity contribution in [1.82, 2.24) is 0 Å². The second-order valence-electron chi connectivity index (χ2n) is 3.88. The van der Waals surface area contributed by atoms with Crippen molar-refractivity contribution in [3.8, 4) is 0 Å². The van der Waals surface area contributed by atoms with Gasteiger partial charge in [0, 0.05) is 6.07 Å². The van der Waals surface area contributed by atoms with Gasteiger partial charge in [0.2, 0.25) is 11.7 Å². The average Bonchev–Trinajstić information content (AvgIpc) is 2.56. The molecule has 0 aliphatic carbocycles. The number of carboxylic acids is 1. The summed E-state index contributed by atoms with van der Waals surface area (Å²) in [5, 5.41) is 21.5. The lowest BCUT2D eigenvalue weighted by molar-refractivity contribution is -0.388. The molecule has 7 nitrogen and oxygen atoms in total. The number of nitro benzene ring substituents is 1. The maximum atomic E-state index is 13.4. The Morgan fingerprint density at radius 3 is 2.68 bits per heavy atom. The molecule has 1 aromatic rings. The smallest absolute Gasteiger partial charge is 0.313 e.